The van der Waals surface area contributed by atoms with Gasteiger partial charge in [0.1, 0.15) is 11.5 Å². The Hall–Kier alpha value is -3.60. The minimum atomic E-state index is -0.257. The number of nitrogens with zero attached hydrogens (tertiary/aromatic N) is 2. The summed E-state index contributed by atoms with van der Waals surface area (Å²) in [5, 5.41) is 4.50. The number of anilines is 1. The topological polar surface area (TPSA) is 37.3 Å². The Morgan fingerprint density at radius 1 is 0.968 bits per heavy atom. The van der Waals surface area contributed by atoms with Gasteiger partial charge in [0.15, 0.2) is 0 Å². The lowest BCUT2D eigenvalue weighted by Gasteiger charge is -2.19. The van der Waals surface area contributed by atoms with Crippen LogP contribution in [0, 0.1) is 5.82 Å². The Kier molecular flexibility index (Phi) is 5.16. The van der Waals surface area contributed by atoms with Crippen molar-refractivity contribution >= 4 is 22.5 Å². The number of carbonyl (C=O) groups excluding carboxylic acids is 1. The molecule has 1 saturated heterocycles. The van der Waals surface area contributed by atoms with Crippen molar-refractivity contribution in [3.05, 3.63) is 102 Å². The molecule has 31 heavy (non-hydrogen) atoms. The van der Waals surface area contributed by atoms with Crippen LogP contribution in [0.1, 0.15) is 22.5 Å². The van der Waals surface area contributed by atoms with E-state index >= 15 is 0 Å². The van der Waals surface area contributed by atoms with E-state index in [0.717, 1.165) is 23.0 Å². The number of para-hydroxylation sites is 2. The van der Waals surface area contributed by atoms with Crippen LogP contribution < -0.4 is 5.32 Å². The van der Waals surface area contributed by atoms with Crippen LogP contribution in [0.2, 0.25) is 0 Å². The molecule has 4 nitrogen and oxygen atoms in total. The summed E-state index contributed by atoms with van der Waals surface area (Å²) in [6.45, 7) is 1.67. The first-order chi connectivity index (χ1) is 15.2. The Labute approximate surface area is 180 Å². The van der Waals surface area contributed by atoms with Gasteiger partial charge in [0.25, 0.3) is 5.91 Å². The lowest BCUT2D eigenvalue weighted by molar-refractivity contribution is 0.0782. The van der Waals surface area contributed by atoms with Crippen LogP contribution >= 0.6 is 0 Å². The summed E-state index contributed by atoms with van der Waals surface area (Å²) < 4.78 is 16.3. The van der Waals surface area contributed by atoms with Gasteiger partial charge in [-0.2, -0.15) is 0 Å². The van der Waals surface area contributed by atoms with Gasteiger partial charge in [0, 0.05) is 41.3 Å². The van der Waals surface area contributed by atoms with Gasteiger partial charge < -0.3 is 14.8 Å². The number of halogens is 1. The fraction of sp³-hybridized carbons (Fsp3) is 0.192. The van der Waals surface area contributed by atoms with Crippen molar-refractivity contribution in [3.8, 4) is 0 Å². The second-order valence-electron chi connectivity index (χ2n) is 8.01. The van der Waals surface area contributed by atoms with E-state index in [0.29, 0.717) is 30.9 Å². The molecule has 1 aromatic heterocycles. The molecule has 0 radical (unpaired) electrons. The first kappa shape index (κ1) is 19.4. The quantitative estimate of drug-likeness (QED) is 0.491. The molecule has 1 amide bonds. The van der Waals surface area contributed by atoms with Crippen molar-refractivity contribution in [2.45, 2.75) is 19.0 Å². The number of likely N-dealkylation sites (tertiary alicyclic amines) is 1. The number of hydrogen-bond acceptors (Lipinski definition) is 2. The van der Waals surface area contributed by atoms with Crippen molar-refractivity contribution in [1.82, 2.24) is 9.47 Å². The molecule has 1 aliphatic rings. The maximum atomic E-state index is 14.4. The summed E-state index contributed by atoms with van der Waals surface area (Å²) in [6.07, 6.45) is 0.897. The van der Waals surface area contributed by atoms with Gasteiger partial charge in [-0.15, -0.1) is 0 Å². The maximum Gasteiger partial charge on any atom is 0.270 e. The second-order valence-corrected chi connectivity index (χ2v) is 8.01. The van der Waals surface area contributed by atoms with Crippen LogP contribution in [0.3, 0.4) is 0 Å². The molecule has 0 spiro atoms. The Morgan fingerprint density at radius 3 is 2.55 bits per heavy atom. The predicted octanol–water partition coefficient (Wildman–Crippen LogP) is 5.16. The largest absolute Gasteiger partial charge is 0.380 e. The monoisotopic (exact) mass is 413 g/mol. The van der Waals surface area contributed by atoms with Crippen molar-refractivity contribution < 1.29 is 9.18 Å². The molecule has 0 bridgehead atoms. The van der Waals surface area contributed by atoms with Gasteiger partial charge >= 0.3 is 0 Å². The molecule has 1 N–H and O–H groups in total. The van der Waals surface area contributed by atoms with Crippen molar-refractivity contribution in [1.29, 1.82) is 0 Å². The zero-order valence-electron chi connectivity index (χ0n) is 17.2. The number of benzene rings is 3. The average molecular weight is 413 g/mol. The lowest BCUT2D eigenvalue weighted by atomic mass is 10.2. The molecule has 1 aliphatic heterocycles. The molecule has 0 saturated carbocycles. The van der Waals surface area contributed by atoms with E-state index in [9.17, 15) is 9.18 Å². The first-order valence-electron chi connectivity index (χ1n) is 10.6. The second kappa shape index (κ2) is 8.26. The number of carbonyl (C=O) groups is 1. The van der Waals surface area contributed by atoms with E-state index in [2.05, 4.69) is 5.32 Å². The molecular formula is C26H24FN3O. The third kappa shape index (κ3) is 3.91. The Morgan fingerprint density at radius 2 is 1.71 bits per heavy atom. The zero-order valence-corrected chi connectivity index (χ0v) is 17.2. The van der Waals surface area contributed by atoms with Gasteiger partial charge in [-0.1, -0.05) is 54.6 Å². The van der Waals surface area contributed by atoms with E-state index in [1.54, 1.807) is 12.1 Å². The van der Waals surface area contributed by atoms with E-state index in [4.69, 9.17) is 0 Å². The third-order valence-electron chi connectivity index (χ3n) is 5.94. The van der Waals surface area contributed by atoms with Gasteiger partial charge in [0.2, 0.25) is 0 Å². The first-order valence-corrected chi connectivity index (χ1v) is 10.6. The third-order valence-corrected chi connectivity index (χ3v) is 5.94. The number of hydrogen-bond donors (Lipinski definition) is 1. The molecule has 2 heterocycles. The minimum Gasteiger partial charge on any atom is -0.380 e. The van der Waals surface area contributed by atoms with Crippen molar-refractivity contribution in [3.63, 3.8) is 0 Å². The smallest absolute Gasteiger partial charge is 0.270 e. The van der Waals surface area contributed by atoms with Gasteiger partial charge in [-0.25, -0.2) is 4.39 Å². The SMILES string of the molecule is O=C(c1cc2ccccc2n1Cc1ccccc1F)N1CCC(Nc2ccccc2)C1. The summed E-state index contributed by atoms with van der Waals surface area (Å²) >= 11 is 0. The van der Waals surface area contributed by atoms with Gasteiger partial charge in [-0.3, -0.25) is 4.79 Å². The highest BCUT2D eigenvalue weighted by Crippen LogP contribution is 2.25. The molecule has 5 heteroatoms. The fourth-order valence-corrected chi connectivity index (χ4v) is 4.35. The fourth-order valence-electron chi connectivity index (χ4n) is 4.35. The summed E-state index contributed by atoms with van der Waals surface area (Å²) in [4.78, 5) is 15.4. The summed E-state index contributed by atoms with van der Waals surface area (Å²) in [5.74, 6) is -0.267. The Balaban J connectivity index is 1.42. The van der Waals surface area contributed by atoms with E-state index < -0.39 is 0 Å². The highest BCUT2D eigenvalue weighted by atomic mass is 19.1. The number of rotatable bonds is 5. The molecule has 156 valence electrons. The number of fused-ring (bicyclic) bond motifs is 1. The molecule has 1 fully saturated rings. The van der Waals surface area contributed by atoms with E-state index in [1.165, 1.54) is 6.07 Å². The van der Waals surface area contributed by atoms with Crippen LogP contribution in [0.25, 0.3) is 10.9 Å². The van der Waals surface area contributed by atoms with Crippen LogP contribution in [0.5, 0.6) is 0 Å². The summed E-state index contributed by atoms with van der Waals surface area (Å²) in [7, 11) is 0. The highest BCUT2D eigenvalue weighted by molar-refractivity contribution is 5.99. The van der Waals surface area contributed by atoms with E-state index in [1.807, 2.05) is 76.2 Å². The van der Waals surface area contributed by atoms with Crippen LogP contribution in [0.4, 0.5) is 10.1 Å². The number of amides is 1. The molecular weight excluding hydrogens is 389 g/mol. The summed E-state index contributed by atoms with van der Waals surface area (Å²) in [6, 6.07) is 26.8. The van der Waals surface area contributed by atoms with Gasteiger partial charge in [0.05, 0.1) is 6.54 Å². The van der Waals surface area contributed by atoms with Crippen LogP contribution in [-0.4, -0.2) is 34.5 Å². The molecule has 1 atom stereocenters. The summed E-state index contributed by atoms with van der Waals surface area (Å²) in [5.41, 5.74) is 3.18. The molecule has 1 unspecified atom stereocenters. The van der Waals surface area contributed by atoms with Crippen LogP contribution in [-0.2, 0) is 6.54 Å². The molecule has 4 aromatic rings. The average Bonchev–Trinajstić information content (AvgIpc) is 3.41. The van der Waals surface area contributed by atoms with Crippen molar-refractivity contribution in [2.75, 3.05) is 18.4 Å². The van der Waals surface area contributed by atoms with Crippen LogP contribution in [0.15, 0.2) is 84.9 Å². The maximum absolute atomic E-state index is 14.4. The van der Waals surface area contributed by atoms with Crippen molar-refractivity contribution in [2.24, 2.45) is 0 Å². The highest BCUT2D eigenvalue weighted by Gasteiger charge is 2.29. The lowest BCUT2D eigenvalue weighted by Crippen LogP contribution is -2.33. The molecule has 3 aromatic carbocycles. The normalized spacial score (nSPS) is 16.0. The number of aromatic nitrogens is 1. The predicted molar refractivity (Wildman–Crippen MR) is 122 cm³/mol. The number of nitrogens with one attached hydrogen (secondary N) is 1. The minimum absolute atomic E-state index is 0.00935. The standard InChI is InChI=1S/C26H24FN3O/c27-23-12-6-4-9-20(23)17-30-24-13-7-5-8-19(24)16-25(30)26(31)29-15-14-22(18-29)28-21-10-2-1-3-11-21/h1-13,16,22,28H,14-15,17-18H2. The molecule has 0 aliphatic carbocycles. The molecule has 5 rings (SSSR count). The van der Waals surface area contributed by atoms with E-state index in [-0.39, 0.29) is 17.8 Å². The zero-order chi connectivity index (χ0) is 21.2. The Bertz CT molecular complexity index is 1220. The van der Waals surface area contributed by atoms with Gasteiger partial charge in [-0.05, 0) is 36.8 Å².